The van der Waals surface area contributed by atoms with Crippen LogP contribution < -0.4 is 5.84 Å². The Morgan fingerprint density at radius 3 is 2.52 bits per heavy atom. The molecule has 1 aliphatic carbocycles. The van der Waals surface area contributed by atoms with Gasteiger partial charge in [0.2, 0.25) is 11.1 Å². The van der Waals surface area contributed by atoms with Crippen molar-refractivity contribution in [3.05, 3.63) is 41.7 Å². The minimum Gasteiger partial charge on any atom is -0.341 e. The van der Waals surface area contributed by atoms with Gasteiger partial charge in [-0.2, -0.15) is 0 Å². The van der Waals surface area contributed by atoms with Crippen LogP contribution in [0.25, 0.3) is 0 Å². The predicted octanol–water partition coefficient (Wildman–Crippen LogP) is 2.72. The maximum atomic E-state index is 13.2. The van der Waals surface area contributed by atoms with Crippen molar-refractivity contribution in [2.24, 2.45) is 0 Å². The number of nitrogens with zero attached hydrogens (tertiary/aromatic N) is 4. The van der Waals surface area contributed by atoms with Gasteiger partial charge in [-0.25, -0.2) is 4.68 Å². The topological polar surface area (TPSA) is 77.0 Å². The second-order valence-corrected chi connectivity index (χ2v) is 7.85. The first-order valence-electron chi connectivity index (χ1n) is 8.95. The number of carbonyl (C=O) groups is 1. The van der Waals surface area contributed by atoms with Crippen LogP contribution in [0.5, 0.6) is 0 Å². The van der Waals surface area contributed by atoms with E-state index in [0.717, 1.165) is 50.2 Å². The molecule has 2 heterocycles. The highest BCUT2D eigenvalue weighted by molar-refractivity contribution is 8.00. The SMILES string of the molecule is Nn1c(SC(C(=O)N2CCCCC2)c2ccccc2)nnc1C1CC1. The van der Waals surface area contributed by atoms with Gasteiger partial charge in [-0.3, -0.25) is 4.79 Å². The quantitative estimate of drug-likeness (QED) is 0.658. The molecule has 0 bridgehead atoms. The zero-order valence-corrected chi connectivity index (χ0v) is 15.0. The summed E-state index contributed by atoms with van der Waals surface area (Å²) in [5.74, 6) is 7.60. The Morgan fingerprint density at radius 2 is 1.84 bits per heavy atom. The van der Waals surface area contributed by atoms with Crippen LogP contribution in [0.1, 0.15) is 54.7 Å². The van der Waals surface area contributed by atoms with Crippen LogP contribution in [0.2, 0.25) is 0 Å². The molecular formula is C18H23N5OS. The average molecular weight is 357 g/mol. The molecule has 0 radical (unpaired) electrons. The number of hydrogen-bond acceptors (Lipinski definition) is 5. The Hall–Kier alpha value is -2.02. The largest absolute Gasteiger partial charge is 0.341 e. The Bertz CT molecular complexity index is 737. The molecular weight excluding hydrogens is 334 g/mol. The number of rotatable bonds is 5. The monoisotopic (exact) mass is 357 g/mol. The zero-order chi connectivity index (χ0) is 17.2. The number of carbonyl (C=O) groups excluding carboxylic acids is 1. The number of thioether (sulfide) groups is 1. The third kappa shape index (κ3) is 3.51. The van der Waals surface area contributed by atoms with Crippen molar-refractivity contribution in [1.29, 1.82) is 0 Å². The molecule has 1 unspecified atom stereocenters. The standard InChI is InChI=1S/C18H23N5OS/c19-23-16(14-9-10-14)20-21-18(23)25-15(13-7-3-1-4-8-13)17(24)22-11-5-2-6-12-22/h1,3-4,7-8,14-15H,2,5-6,9-12,19H2. The van der Waals surface area contributed by atoms with Gasteiger partial charge in [0.05, 0.1) is 0 Å². The van der Waals surface area contributed by atoms with E-state index in [-0.39, 0.29) is 11.2 Å². The third-order valence-electron chi connectivity index (χ3n) is 4.85. The summed E-state index contributed by atoms with van der Waals surface area (Å²) in [7, 11) is 0. The smallest absolute Gasteiger partial charge is 0.240 e. The number of nitrogen functional groups attached to an aromatic ring is 1. The van der Waals surface area contributed by atoms with Crippen LogP contribution in [0, 0.1) is 0 Å². The second-order valence-electron chi connectivity index (χ2n) is 6.78. The first-order valence-corrected chi connectivity index (χ1v) is 9.83. The van der Waals surface area contributed by atoms with Gasteiger partial charge in [-0.15, -0.1) is 10.2 Å². The lowest BCUT2D eigenvalue weighted by molar-refractivity contribution is -0.131. The Morgan fingerprint density at radius 1 is 1.12 bits per heavy atom. The van der Waals surface area contributed by atoms with E-state index in [1.54, 1.807) is 4.68 Å². The Labute approximate surface area is 151 Å². The molecule has 2 aliphatic rings. The number of hydrogen-bond donors (Lipinski definition) is 1. The number of likely N-dealkylation sites (tertiary alicyclic amines) is 1. The fraction of sp³-hybridized carbons (Fsp3) is 0.500. The van der Waals surface area contributed by atoms with Gasteiger partial charge in [-0.1, -0.05) is 42.1 Å². The summed E-state index contributed by atoms with van der Waals surface area (Å²) in [5.41, 5.74) is 0.985. The van der Waals surface area contributed by atoms with Crippen LogP contribution in [0.3, 0.4) is 0 Å². The minimum atomic E-state index is -0.335. The lowest BCUT2D eigenvalue weighted by Crippen LogP contribution is -2.38. The molecule has 1 aliphatic heterocycles. The second kappa shape index (κ2) is 7.07. The first kappa shape index (κ1) is 16.4. The number of nitrogens with two attached hydrogens (primary N) is 1. The van der Waals surface area contributed by atoms with E-state index in [4.69, 9.17) is 5.84 Å². The number of piperidine rings is 1. The molecule has 1 saturated heterocycles. The Balaban J connectivity index is 1.60. The molecule has 1 saturated carbocycles. The summed E-state index contributed by atoms with van der Waals surface area (Å²) in [6, 6.07) is 9.90. The molecule has 6 nitrogen and oxygen atoms in total. The summed E-state index contributed by atoms with van der Waals surface area (Å²) < 4.78 is 1.57. The molecule has 1 aromatic heterocycles. The summed E-state index contributed by atoms with van der Waals surface area (Å²) in [6.07, 6.45) is 5.60. The van der Waals surface area contributed by atoms with Gasteiger partial charge in [0, 0.05) is 19.0 Å². The van der Waals surface area contributed by atoms with Crippen molar-refractivity contribution in [2.75, 3.05) is 18.9 Å². The van der Waals surface area contributed by atoms with Crippen LogP contribution in [-0.2, 0) is 4.79 Å². The van der Waals surface area contributed by atoms with Gasteiger partial charge < -0.3 is 10.7 Å². The highest BCUT2D eigenvalue weighted by Gasteiger charge is 2.33. The molecule has 1 aromatic carbocycles. The maximum absolute atomic E-state index is 13.2. The molecule has 7 heteroatoms. The van der Waals surface area contributed by atoms with Crippen molar-refractivity contribution < 1.29 is 4.79 Å². The highest BCUT2D eigenvalue weighted by Crippen LogP contribution is 2.41. The molecule has 2 aromatic rings. The maximum Gasteiger partial charge on any atom is 0.240 e. The zero-order valence-electron chi connectivity index (χ0n) is 14.2. The van der Waals surface area contributed by atoms with E-state index in [1.807, 2.05) is 35.2 Å². The number of amides is 1. The van der Waals surface area contributed by atoms with E-state index in [9.17, 15) is 4.79 Å². The molecule has 2 N–H and O–H groups in total. The normalized spacial score (nSPS) is 19.0. The fourth-order valence-electron chi connectivity index (χ4n) is 3.26. The lowest BCUT2D eigenvalue weighted by Gasteiger charge is -2.30. The summed E-state index contributed by atoms with van der Waals surface area (Å²) in [5, 5.41) is 8.77. The van der Waals surface area contributed by atoms with Crippen LogP contribution in [0.4, 0.5) is 0 Å². The van der Waals surface area contributed by atoms with Crippen molar-refractivity contribution >= 4 is 17.7 Å². The summed E-state index contributed by atoms with van der Waals surface area (Å²) >= 11 is 1.41. The number of benzene rings is 1. The van der Waals surface area contributed by atoms with Gasteiger partial charge in [0.15, 0.2) is 5.82 Å². The fourth-order valence-corrected chi connectivity index (χ4v) is 4.31. The van der Waals surface area contributed by atoms with Crippen molar-refractivity contribution in [3.63, 3.8) is 0 Å². The molecule has 2 fully saturated rings. The predicted molar refractivity (Wildman–Crippen MR) is 97.6 cm³/mol. The van der Waals surface area contributed by atoms with Crippen molar-refractivity contribution in [3.8, 4) is 0 Å². The highest BCUT2D eigenvalue weighted by atomic mass is 32.2. The van der Waals surface area contributed by atoms with Gasteiger partial charge in [-0.05, 0) is 37.7 Å². The van der Waals surface area contributed by atoms with E-state index in [1.165, 1.54) is 18.2 Å². The van der Waals surface area contributed by atoms with E-state index >= 15 is 0 Å². The van der Waals surface area contributed by atoms with Crippen molar-refractivity contribution in [1.82, 2.24) is 19.8 Å². The molecule has 4 rings (SSSR count). The molecule has 1 amide bonds. The minimum absolute atomic E-state index is 0.145. The molecule has 1 atom stereocenters. The molecule has 132 valence electrons. The lowest BCUT2D eigenvalue weighted by atomic mass is 10.1. The Kier molecular flexibility index (Phi) is 4.65. The van der Waals surface area contributed by atoms with Crippen LogP contribution >= 0.6 is 11.8 Å². The van der Waals surface area contributed by atoms with E-state index < -0.39 is 0 Å². The van der Waals surface area contributed by atoms with Gasteiger partial charge in [0.1, 0.15) is 5.25 Å². The van der Waals surface area contributed by atoms with Gasteiger partial charge >= 0.3 is 0 Å². The molecule has 25 heavy (non-hydrogen) atoms. The molecule has 0 spiro atoms. The van der Waals surface area contributed by atoms with Gasteiger partial charge in [0.25, 0.3) is 0 Å². The van der Waals surface area contributed by atoms with E-state index in [2.05, 4.69) is 10.2 Å². The third-order valence-corrected chi connectivity index (χ3v) is 6.05. The number of aromatic nitrogens is 3. The van der Waals surface area contributed by atoms with Crippen LogP contribution in [0.15, 0.2) is 35.5 Å². The average Bonchev–Trinajstić information content (AvgIpc) is 3.44. The summed E-state index contributed by atoms with van der Waals surface area (Å²) in [4.78, 5) is 15.2. The summed E-state index contributed by atoms with van der Waals surface area (Å²) in [6.45, 7) is 1.68. The van der Waals surface area contributed by atoms with Crippen LogP contribution in [-0.4, -0.2) is 38.8 Å². The van der Waals surface area contributed by atoms with E-state index in [0.29, 0.717) is 11.1 Å². The van der Waals surface area contributed by atoms with Crippen molar-refractivity contribution in [2.45, 2.75) is 48.4 Å². The first-order chi connectivity index (χ1) is 12.2.